The van der Waals surface area contributed by atoms with E-state index in [1.54, 1.807) is 6.21 Å². The highest BCUT2D eigenvalue weighted by Gasteiger charge is 2.30. The molecular formula is C27H36N2O2. The van der Waals surface area contributed by atoms with E-state index in [-0.39, 0.29) is 11.8 Å². The Balaban J connectivity index is 1.63. The number of amides is 1. The summed E-state index contributed by atoms with van der Waals surface area (Å²) in [4.78, 5) is 13.1. The van der Waals surface area contributed by atoms with Crippen LogP contribution in [0.3, 0.4) is 0 Å². The maximum absolute atomic E-state index is 13.1. The average Bonchev–Trinajstić information content (AvgIpc) is 2.81. The van der Waals surface area contributed by atoms with Gasteiger partial charge in [-0.05, 0) is 42.9 Å². The van der Waals surface area contributed by atoms with Crippen LogP contribution in [0.2, 0.25) is 0 Å². The number of rotatable bonds is 11. The van der Waals surface area contributed by atoms with Gasteiger partial charge in [0.1, 0.15) is 5.75 Å². The van der Waals surface area contributed by atoms with Gasteiger partial charge in [-0.2, -0.15) is 5.10 Å². The standard InChI is InChI=1S/C27H36N2O2/c1-2-3-4-13-20-31-25-19-12-11-18-24(25)21-28-29-27(30)26(22-14-7-5-8-15-22)23-16-9-6-10-17-23/h5,7-8,11-12,14-15,18-19,21,23,26H,2-4,6,9-10,13,16-17,20H2,1H3,(H,29,30)/b28-21-/t26-/m1/s1. The third-order valence-corrected chi connectivity index (χ3v) is 6.12. The zero-order valence-electron chi connectivity index (χ0n) is 18.8. The third-order valence-electron chi connectivity index (χ3n) is 6.12. The fourth-order valence-electron chi connectivity index (χ4n) is 4.43. The molecular weight excluding hydrogens is 384 g/mol. The summed E-state index contributed by atoms with van der Waals surface area (Å²) in [7, 11) is 0. The van der Waals surface area contributed by atoms with Crippen molar-refractivity contribution >= 4 is 12.1 Å². The van der Waals surface area contributed by atoms with Gasteiger partial charge in [0, 0.05) is 5.56 Å². The molecule has 31 heavy (non-hydrogen) atoms. The molecule has 4 nitrogen and oxygen atoms in total. The molecule has 1 saturated carbocycles. The van der Waals surface area contributed by atoms with E-state index in [2.05, 4.69) is 29.6 Å². The van der Waals surface area contributed by atoms with Gasteiger partial charge in [0.25, 0.3) is 0 Å². The number of carbonyl (C=O) groups excluding carboxylic acids is 1. The van der Waals surface area contributed by atoms with Crippen LogP contribution in [0.4, 0.5) is 0 Å². The number of hydrazone groups is 1. The number of benzene rings is 2. The van der Waals surface area contributed by atoms with Crippen LogP contribution in [0.1, 0.15) is 81.8 Å². The number of nitrogens with zero attached hydrogens (tertiary/aromatic N) is 1. The highest BCUT2D eigenvalue weighted by molar-refractivity contribution is 5.87. The van der Waals surface area contributed by atoms with Crippen molar-refractivity contribution in [3.05, 3.63) is 65.7 Å². The SMILES string of the molecule is CCCCCCOc1ccccc1/C=N\NC(=O)[C@H](c1ccccc1)C1CCCCC1. The molecule has 0 unspecified atom stereocenters. The van der Waals surface area contributed by atoms with Crippen molar-refractivity contribution in [1.82, 2.24) is 5.43 Å². The van der Waals surface area contributed by atoms with Gasteiger partial charge in [0.15, 0.2) is 0 Å². The van der Waals surface area contributed by atoms with E-state index in [1.165, 1.54) is 38.5 Å². The van der Waals surface area contributed by atoms with Crippen molar-refractivity contribution in [3.63, 3.8) is 0 Å². The molecule has 4 heteroatoms. The minimum Gasteiger partial charge on any atom is -0.493 e. The number of nitrogens with one attached hydrogen (secondary N) is 1. The van der Waals surface area contributed by atoms with Crippen LogP contribution in [-0.2, 0) is 4.79 Å². The largest absolute Gasteiger partial charge is 0.493 e. The van der Waals surface area contributed by atoms with E-state index in [0.29, 0.717) is 12.5 Å². The zero-order chi connectivity index (χ0) is 21.7. The highest BCUT2D eigenvalue weighted by Crippen LogP contribution is 2.36. The van der Waals surface area contributed by atoms with Crippen LogP contribution in [0.15, 0.2) is 59.7 Å². The number of hydrogen-bond acceptors (Lipinski definition) is 3. The molecule has 166 valence electrons. The molecule has 2 aromatic rings. The summed E-state index contributed by atoms with van der Waals surface area (Å²) in [6.07, 6.45) is 12.3. The van der Waals surface area contributed by atoms with Crippen LogP contribution >= 0.6 is 0 Å². The second-order valence-corrected chi connectivity index (χ2v) is 8.47. The molecule has 0 bridgehead atoms. The van der Waals surface area contributed by atoms with Crippen LogP contribution in [0.5, 0.6) is 5.75 Å². The summed E-state index contributed by atoms with van der Waals surface area (Å²) < 4.78 is 5.95. The maximum atomic E-state index is 13.1. The van der Waals surface area contributed by atoms with Gasteiger partial charge in [-0.1, -0.05) is 87.9 Å². The molecule has 1 N–H and O–H groups in total. The Labute approximate surface area is 187 Å². The molecule has 0 aromatic heterocycles. The predicted octanol–water partition coefficient (Wildman–Crippen LogP) is 6.46. The summed E-state index contributed by atoms with van der Waals surface area (Å²) >= 11 is 0. The van der Waals surface area contributed by atoms with Crippen molar-refractivity contribution in [2.45, 2.75) is 70.6 Å². The molecule has 2 aromatic carbocycles. The number of hydrogen-bond donors (Lipinski definition) is 1. The maximum Gasteiger partial charge on any atom is 0.247 e. The lowest BCUT2D eigenvalue weighted by Crippen LogP contribution is -2.31. The fourth-order valence-corrected chi connectivity index (χ4v) is 4.43. The van der Waals surface area contributed by atoms with Gasteiger partial charge in [0.2, 0.25) is 5.91 Å². The number of para-hydroxylation sites is 1. The summed E-state index contributed by atoms with van der Waals surface area (Å²) in [6, 6.07) is 18.0. The lowest BCUT2D eigenvalue weighted by Gasteiger charge is -2.29. The Kier molecular flexibility index (Phi) is 9.62. The smallest absolute Gasteiger partial charge is 0.247 e. The second-order valence-electron chi connectivity index (χ2n) is 8.47. The van der Waals surface area contributed by atoms with Crippen molar-refractivity contribution in [3.8, 4) is 5.75 Å². The van der Waals surface area contributed by atoms with Gasteiger partial charge in [-0.3, -0.25) is 4.79 Å². The van der Waals surface area contributed by atoms with E-state index in [9.17, 15) is 4.79 Å². The van der Waals surface area contributed by atoms with Crippen LogP contribution in [-0.4, -0.2) is 18.7 Å². The average molecular weight is 421 g/mol. The lowest BCUT2D eigenvalue weighted by atomic mass is 9.76. The molecule has 1 aliphatic carbocycles. The summed E-state index contributed by atoms with van der Waals surface area (Å²) in [5, 5.41) is 4.30. The van der Waals surface area contributed by atoms with Gasteiger partial charge in [0.05, 0.1) is 18.7 Å². The van der Waals surface area contributed by atoms with Crippen molar-refractivity contribution in [2.24, 2.45) is 11.0 Å². The first-order valence-corrected chi connectivity index (χ1v) is 11.9. The molecule has 1 fully saturated rings. The minimum atomic E-state index is -0.149. The van der Waals surface area contributed by atoms with E-state index in [0.717, 1.165) is 36.1 Å². The first-order valence-electron chi connectivity index (χ1n) is 11.9. The monoisotopic (exact) mass is 420 g/mol. The third kappa shape index (κ3) is 7.23. The van der Waals surface area contributed by atoms with Gasteiger partial charge < -0.3 is 4.74 Å². The topological polar surface area (TPSA) is 50.7 Å². The normalized spacial score (nSPS) is 15.6. The van der Waals surface area contributed by atoms with E-state index >= 15 is 0 Å². The van der Waals surface area contributed by atoms with E-state index in [4.69, 9.17) is 4.74 Å². The first-order chi connectivity index (χ1) is 15.3. The van der Waals surface area contributed by atoms with Gasteiger partial charge in [-0.15, -0.1) is 0 Å². The highest BCUT2D eigenvalue weighted by atomic mass is 16.5. The van der Waals surface area contributed by atoms with Crippen LogP contribution < -0.4 is 10.2 Å². The summed E-state index contributed by atoms with van der Waals surface area (Å²) in [5.74, 6) is 1.02. The molecule has 0 heterocycles. The number of unbranched alkanes of at least 4 members (excludes halogenated alkanes) is 3. The van der Waals surface area contributed by atoms with Gasteiger partial charge in [-0.25, -0.2) is 5.43 Å². The molecule has 1 aliphatic rings. The summed E-state index contributed by atoms with van der Waals surface area (Å²) in [5.41, 5.74) is 4.78. The van der Waals surface area contributed by atoms with E-state index < -0.39 is 0 Å². The van der Waals surface area contributed by atoms with Crippen LogP contribution in [0.25, 0.3) is 0 Å². The first kappa shape index (κ1) is 23.1. The second kappa shape index (κ2) is 12.9. The van der Waals surface area contributed by atoms with Crippen molar-refractivity contribution in [1.29, 1.82) is 0 Å². The van der Waals surface area contributed by atoms with Gasteiger partial charge >= 0.3 is 0 Å². The molecule has 0 saturated heterocycles. The number of carbonyl (C=O) groups is 1. The van der Waals surface area contributed by atoms with Crippen molar-refractivity contribution in [2.75, 3.05) is 6.61 Å². The summed E-state index contributed by atoms with van der Waals surface area (Å²) in [6.45, 7) is 2.91. The minimum absolute atomic E-state index is 0.0210. The van der Waals surface area contributed by atoms with Crippen molar-refractivity contribution < 1.29 is 9.53 Å². The predicted molar refractivity (Wildman–Crippen MR) is 128 cm³/mol. The zero-order valence-corrected chi connectivity index (χ0v) is 18.8. The lowest BCUT2D eigenvalue weighted by molar-refractivity contribution is -0.124. The molecule has 0 spiro atoms. The molecule has 0 radical (unpaired) electrons. The Morgan fingerprint density at radius 1 is 1.03 bits per heavy atom. The van der Waals surface area contributed by atoms with E-state index in [1.807, 2.05) is 42.5 Å². The Bertz CT molecular complexity index is 813. The Morgan fingerprint density at radius 3 is 2.55 bits per heavy atom. The van der Waals surface area contributed by atoms with Crippen LogP contribution in [0, 0.1) is 5.92 Å². The molecule has 3 rings (SSSR count). The quantitative estimate of drug-likeness (QED) is 0.258. The molecule has 0 aliphatic heterocycles. The fraction of sp³-hybridized carbons (Fsp3) is 0.481. The molecule has 1 amide bonds. The molecule has 1 atom stereocenters. The Hall–Kier alpha value is -2.62. The Morgan fingerprint density at radius 2 is 1.77 bits per heavy atom. The number of ether oxygens (including phenoxy) is 1.